The van der Waals surface area contributed by atoms with E-state index < -0.39 is 50.8 Å². The third kappa shape index (κ3) is 8.10. The minimum atomic E-state index is -3.87. The van der Waals surface area contributed by atoms with Gasteiger partial charge in [-0.3, -0.25) is 19.1 Å². The van der Waals surface area contributed by atoms with Gasteiger partial charge in [0.2, 0.25) is 27.7 Å². The van der Waals surface area contributed by atoms with E-state index in [1.807, 2.05) is 72.1 Å². The van der Waals surface area contributed by atoms with Crippen molar-refractivity contribution in [2.24, 2.45) is 5.92 Å². The molecule has 0 bridgehead atoms. The zero-order valence-corrected chi connectivity index (χ0v) is 32.8. The van der Waals surface area contributed by atoms with E-state index in [2.05, 4.69) is 20.3 Å². The van der Waals surface area contributed by atoms with Gasteiger partial charge in [0, 0.05) is 34.9 Å². The van der Waals surface area contributed by atoms with Crippen molar-refractivity contribution in [1.29, 1.82) is 0 Å². The topological polar surface area (TPSA) is 169 Å². The van der Waals surface area contributed by atoms with Gasteiger partial charge in [-0.15, -0.1) is 11.3 Å². The molecule has 2 aromatic carbocycles. The fourth-order valence-corrected chi connectivity index (χ4v) is 9.90. The number of aromatic nitrogens is 2. The van der Waals surface area contributed by atoms with E-state index in [1.165, 1.54) is 11.3 Å². The van der Waals surface area contributed by atoms with Crippen molar-refractivity contribution in [1.82, 2.24) is 24.9 Å². The molecule has 0 spiro atoms. The summed E-state index contributed by atoms with van der Waals surface area (Å²) < 4.78 is 40.0. The predicted molar refractivity (Wildman–Crippen MR) is 214 cm³/mol. The fourth-order valence-electron chi connectivity index (χ4n) is 7.76. The lowest BCUT2D eigenvalue weighted by atomic mass is 10.0. The van der Waals surface area contributed by atoms with Crippen LogP contribution in [0.15, 0.2) is 78.3 Å². The number of hydrogen-bond donors (Lipinski definition) is 3. The highest BCUT2D eigenvalue weighted by Gasteiger charge is 2.62. The number of carbonyl (C=O) groups excluding carboxylic acids is 3. The van der Waals surface area contributed by atoms with E-state index in [0.29, 0.717) is 36.0 Å². The number of ether oxygens (including phenoxy) is 2. The molecule has 4 heterocycles. The van der Waals surface area contributed by atoms with Gasteiger partial charge in [-0.1, -0.05) is 61.7 Å². The second-order valence-corrected chi connectivity index (χ2v) is 18.0. The van der Waals surface area contributed by atoms with Crippen molar-refractivity contribution < 1.29 is 32.3 Å². The molecule has 15 heteroatoms. The average Bonchev–Trinajstić information content (AvgIpc) is 4.09. The molecule has 8 rings (SSSR count). The number of nitrogens with zero attached hydrogens (tertiary/aromatic N) is 3. The molecule has 294 valence electrons. The Hall–Kier alpha value is -5.02. The van der Waals surface area contributed by atoms with Gasteiger partial charge >= 0.3 is 0 Å². The van der Waals surface area contributed by atoms with Gasteiger partial charge in [0.1, 0.15) is 29.5 Å². The average molecular weight is 799 g/mol. The SMILES string of the molecule is COc1ccc2c(O[C@@H]3C[C@H]4C(=O)N[C@]5(C(=O)NS(=O)(=O)C6CC6)C[C@H]5/C=C\CCCCCC[C@H](Nc5nc(-c6ccccc6)cs5)C(=O)N4C3)nccc2c1. The van der Waals surface area contributed by atoms with Crippen LogP contribution < -0.4 is 24.8 Å². The number of sulfonamides is 1. The van der Waals surface area contributed by atoms with E-state index in [-0.39, 0.29) is 31.2 Å². The number of nitrogens with one attached hydrogen (secondary N) is 3. The van der Waals surface area contributed by atoms with Crippen LogP contribution in [0.2, 0.25) is 0 Å². The zero-order valence-electron chi connectivity index (χ0n) is 31.2. The molecule has 2 aromatic heterocycles. The monoisotopic (exact) mass is 798 g/mol. The summed E-state index contributed by atoms with van der Waals surface area (Å²) in [6, 6.07) is 15.5. The van der Waals surface area contributed by atoms with Gasteiger partial charge in [0.15, 0.2) is 5.13 Å². The third-order valence-corrected chi connectivity index (χ3v) is 13.8. The van der Waals surface area contributed by atoms with Gasteiger partial charge in [-0.05, 0) is 68.2 Å². The molecule has 2 saturated carbocycles. The van der Waals surface area contributed by atoms with Gasteiger partial charge in [-0.25, -0.2) is 18.4 Å². The Morgan fingerprint density at radius 1 is 1.04 bits per heavy atom. The predicted octanol–water partition coefficient (Wildman–Crippen LogP) is 5.59. The molecule has 3 fully saturated rings. The first-order valence-electron chi connectivity index (χ1n) is 19.4. The molecule has 2 aliphatic carbocycles. The number of allylic oxidation sites excluding steroid dienone is 1. The number of carbonyl (C=O) groups is 3. The quantitative estimate of drug-likeness (QED) is 0.182. The first-order chi connectivity index (χ1) is 27.1. The number of benzene rings is 2. The zero-order chi connectivity index (χ0) is 38.9. The van der Waals surface area contributed by atoms with Gasteiger partial charge in [0.05, 0.1) is 24.6 Å². The molecule has 1 saturated heterocycles. The number of hydrogen-bond acceptors (Lipinski definition) is 11. The van der Waals surface area contributed by atoms with Crippen LogP contribution in [0.5, 0.6) is 11.6 Å². The number of fused-ring (bicyclic) bond motifs is 3. The first-order valence-corrected chi connectivity index (χ1v) is 21.8. The Morgan fingerprint density at radius 2 is 1.86 bits per heavy atom. The molecule has 5 atom stereocenters. The molecule has 13 nitrogen and oxygen atoms in total. The van der Waals surface area contributed by atoms with Crippen LogP contribution in [0, 0.1) is 5.92 Å². The second-order valence-electron chi connectivity index (χ2n) is 15.2. The van der Waals surface area contributed by atoms with E-state index in [1.54, 1.807) is 18.2 Å². The minimum absolute atomic E-state index is 0.0923. The van der Waals surface area contributed by atoms with Crippen molar-refractivity contribution >= 4 is 55.0 Å². The van der Waals surface area contributed by atoms with Crippen molar-refractivity contribution in [3.63, 3.8) is 0 Å². The molecule has 56 heavy (non-hydrogen) atoms. The molecule has 2 aliphatic heterocycles. The van der Waals surface area contributed by atoms with Gasteiger partial charge in [-0.2, -0.15) is 0 Å². The van der Waals surface area contributed by atoms with E-state index >= 15 is 0 Å². The summed E-state index contributed by atoms with van der Waals surface area (Å²) in [4.78, 5) is 54.0. The Bertz CT molecular complexity index is 2240. The summed E-state index contributed by atoms with van der Waals surface area (Å²) in [5, 5.41) is 9.93. The van der Waals surface area contributed by atoms with Crippen molar-refractivity contribution in [3.8, 4) is 22.9 Å². The maximum Gasteiger partial charge on any atom is 0.259 e. The summed E-state index contributed by atoms with van der Waals surface area (Å²) >= 11 is 1.42. The number of thiazole rings is 1. The van der Waals surface area contributed by atoms with Gasteiger partial charge < -0.3 is 25.0 Å². The first kappa shape index (κ1) is 37.9. The number of pyridine rings is 1. The molecular formula is C41H46N6O7S2. The van der Waals surface area contributed by atoms with E-state index in [9.17, 15) is 22.8 Å². The molecule has 0 radical (unpaired) electrons. The summed E-state index contributed by atoms with van der Waals surface area (Å²) in [5.41, 5.74) is 0.307. The van der Waals surface area contributed by atoms with Crippen LogP contribution in [0.3, 0.4) is 0 Å². The highest BCUT2D eigenvalue weighted by atomic mass is 32.2. The number of rotatable bonds is 9. The Morgan fingerprint density at radius 3 is 2.66 bits per heavy atom. The summed E-state index contributed by atoms with van der Waals surface area (Å²) in [7, 11) is -2.27. The van der Waals surface area contributed by atoms with Crippen LogP contribution in [0.25, 0.3) is 22.0 Å². The summed E-state index contributed by atoms with van der Waals surface area (Å²) in [6.07, 6.45) is 11.2. The summed E-state index contributed by atoms with van der Waals surface area (Å²) in [5.74, 6) is -0.906. The maximum absolute atomic E-state index is 14.8. The lowest BCUT2D eigenvalue weighted by Gasteiger charge is -2.30. The number of methoxy groups -OCH3 is 1. The van der Waals surface area contributed by atoms with Crippen LogP contribution in [-0.4, -0.2) is 83.6 Å². The van der Waals surface area contributed by atoms with Crippen molar-refractivity contribution in [2.75, 3.05) is 19.0 Å². The highest BCUT2D eigenvalue weighted by molar-refractivity contribution is 7.91. The largest absolute Gasteiger partial charge is 0.497 e. The summed E-state index contributed by atoms with van der Waals surface area (Å²) in [6.45, 7) is 0.0923. The Labute approximate surface area is 330 Å². The number of amides is 3. The third-order valence-electron chi connectivity index (χ3n) is 11.2. The van der Waals surface area contributed by atoms with Crippen LogP contribution in [0.1, 0.15) is 64.2 Å². The van der Waals surface area contributed by atoms with Crippen molar-refractivity contribution in [2.45, 2.75) is 93.2 Å². The fraction of sp³-hybridized carbons (Fsp3) is 0.439. The Balaban J connectivity index is 1.10. The molecule has 4 aromatic rings. The molecule has 3 amide bonds. The standard InChI is InChI=1S/C41H46N6O7S2/c1-53-29-15-18-32-27(21-29)19-20-42-37(32)54-30-22-35-36(48)45-41(39(50)46-56(51,52)31-16-17-31)23-28(41)13-9-4-2-3-5-10-14-33(38(49)47(35)24-30)43-40-44-34(25-55-40)26-11-7-6-8-12-26/h6-9,11-13,15,18-21,25,28,30-31,33,35H,2-5,10,14,16-17,22-24H2,1H3,(H,43,44)(H,45,48)(H,46,50)/b13-9-/t28-,30-,33+,35+,41-/m1/s1. The second kappa shape index (κ2) is 15.8. The van der Waals surface area contributed by atoms with Crippen LogP contribution in [0.4, 0.5) is 5.13 Å². The normalized spacial score (nSPS) is 26.4. The van der Waals surface area contributed by atoms with E-state index in [0.717, 1.165) is 54.1 Å². The van der Waals surface area contributed by atoms with Crippen molar-refractivity contribution in [3.05, 3.63) is 78.3 Å². The van der Waals surface area contributed by atoms with Gasteiger partial charge in [0.25, 0.3) is 5.91 Å². The molecule has 3 N–H and O–H groups in total. The maximum atomic E-state index is 14.8. The Kier molecular flexibility index (Phi) is 10.7. The molecule has 0 unspecified atom stereocenters. The van der Waals surface area contributed by atoms with E-state index in [4.69, 9.17) is 14.5 Å². The lowest BCUT2D eigenvalue weighted by Crippen LogP contribution is -2.57. The van der Waals surface area contributed by atoms with Crippen LogP contribution in [-0.2, 0) is 24.4 Å². The number of anilines is 1. The molecular weight excluding hydrogens is 753 g/mol. The minimum Gasteiger partial charge on any atom is -0.497 e. The lowest BCUT2D eigenvalue weighted by molar-refractivity contribution is -0.140. The highest BCUT2D eigenvalue weighted by Crippen LogP contribution is 2.46. The smallest absolute Gasteiger partial charge is 0.259 e. The van der Waals surface area contributed by atoms with Crippen LogP contribution >= 0.6 is 11.3 Å². The molecule has 4 aliphatic rings.